The molecule has 1 saturated carbocycles. The fraction of sp³-hybridized carbons (Fsp3) is 0.500. The van der Waals surface area contributed by atoms with Crippen molar-refractivity contribution in [1.29, 1.82) is 0 Å². The molecule has 4 nitrogen and oxygen atoms in total. The van der Waals surface area contributed by atoms with Crippen molar-refractivity contribution < 1.29 is 9.59 Å². The smallest absolute Gasteiger partial charge is 0.223 e. The van der Waals surface area contributed by atoms with Crippen LogP contribution in [0.5, 0.6) is 0 Å². The van der Waals surface area contributed by atoms with Crippen molar-refractivity contribution in [1.82, 2.24) is 5.32 Å². The first-order chi connectivity index (χ1) is 10.1. The number of carbonyl (C=O) groups excluding carboxylic acids is 2. The fourth-order valence-corrected chi connectivity index (χ4v) is 3.08. The van der Waals surface area contributed by atoms with E-state index in [1.165, 1.54) is 19.8 Å². The van der Waals surface area contributed by atoms with Gasteiger partial charge in [-0.2, -0.15) is 0 Å². The van der Waals surface area contributed by atoms with E-state index >= 15 is 0 Å². The van der Waals surface area contributed by atoms with Crippen LogP contribution in [0, 0.1) is 0 Å². The lowest BCUT2D eigenvalue weighted by molar-refractivity contribution is -0.121. The molecule has 1 aromatic rings. The average molecular weight is 353 g/mol. The van der Waals surface area contributed by atoms with Crippen LogP contribution in [0.3, 0.4) is 0 Å². The summed E-state index contributed by atoms with van der Waals surface area (Å²) in [6.45, 7) is 1.93. The van der Waals surface area contributed by atoms with Gasteiger partial charge < -0.3 is 10.2 Å². The summed E-state index contributed by atoms with van der Waals surface area (Å²) in [5, 5.41) is 3.05. The van der Waals surface area contributed by atoms with E-state index in [0.717, 1.165) is 23.0 Å². The molecule has 5 heteroatoms. The summed E-state index contributed by atoms with van der Waals surface area (Å²) in [5.74, 6) is -0.0232. The molecule has 2 rings (SSSR count). The van der Waals surface area contributed by atoms with Crippen LogP contribution in [0.4, 0.5) is 5.69 Å². The van der Waals surface area contributed by atoms with Crippen LogP contribution >= 0.6 is 15.9 Å². The second kappa shape index (κ2) is 7.59. The van der Waals surface area contributed by atoms with Gasteiger partial charge in [-0.05, 0) is 31.0 Å². The maximum Gasteiger partial charge on any atom is 0.223 e. The van der Waals surface area contributed by atoms with E-state index in [0.29, 0.717) is 19.0 Å². The summed E-state index contributed by atoms with van der Waals surface area (Å²) >= 11 is 3.40. The third-order valence-corrected chi connectivity index (χ3v) is 4.28. The first kappa shape index (κ1) is 16.0. The van der Waals surface area contributed by atoms with Crippen LogP contribution < -0.4 is 10.2 Å². The van der Waals surface area contributed by atoms with Gasteiger partial charge in [-0.25, -0.2) is 0 Å². The van der Waals surface area contributed by atoms with E-state index in [4.69, 9.17) is 0 Å². The van der Waals surface area contributed by atoms with Crippen LogP contribution in [0.1, 0.15) is 39.0 Å². The highest BCUT2D eigenvalue weighted by Gasteiger charge is 2.18. The fourth-order valence-electron chi connectivity index (χ4n) is 2.70. The first-order valence-corrected chi connectivity index (χ1v) is 8.18. The number of nitrogens with zero attached hydrogens (tertiary/aromatic N) is 1. The molecule has 2 amide bonds. The van der Waals surface area contributed by atoms with Gasteiger partial charge in [-0.3, -0.25) is 9.59 Å². The maximum absolute atomic E-state index is 12.0. The van der Waals surface area contributed by atoms with Crippen molar-refractivity contribution in [3.05, 3.63) is 28.7 Å². The minimum atomic E-state index is -0.0539. The summed E-state index contributed by atoms with van der Waals surface area (Å²) in [6.07, 6.45) is 4.88. The van der Waals surface area contributed by atoms with E-state index < -0.39 is 0 Å². The van der Waals surface area contributed by atoms with E-state index in [-0.39, 0.29) is 11.8 Å². The number of hydrogen-bond donors (Lipinski definition) is 1. The molecule has 0 aliphatic heterocycles. The van der Waals surface area contributed by atoms with Crippen LogP contribution in [-0.2, 0) is 9.59 Å². The molecule has 0 spiro atoms. The summed E-state index contributed by atoms with van der Waals surface area (Å²) in [6, 6.07) is 7.88. The highest BCUT2D eigenvalue weighted by Crippen LogP contribution is 2.21. The van der Waals surface area contributed by atoms with Crippen molar-refractivity contribution in [2.24, 2.45) is 0 Å². The number of nitrogens with one attached hydrogen (secondary N) is 1. The van der Waals surface area contributed by atoms with Crippen molar-refractivity contribution in [3.63, 3.8) is 0 Å². The van der Waals surface area contributed by atoms with E-state index in [9.17, 15) is 9.59 Å². The molecule has 0 radical (unpaired) electrons. The Labute approximate surface area is 134 Å². The Morgan fingerprint density at radius 1 is 1.33 bits per heavy atom. The SMILES string of the molecule is CC(=O)N(CCC(=O)NC1CCCC1)c1cccc(Br)c1. The number of rotatable bonds is 5. The zero-order valence-electron chi connectivity index (χ0n) is 12.3. The molecule has 114 valence electrons. The molecule has 1 N–H and O–H groups in total. The average Bonchev–Trinajstić information content (AvgIpc) is 2.91. The lowest BCUT2D eigenvalue weighted by atomic mass is 10.2. The molecule has 1 aliphatic carbocycles. The van der Waals surface area contributed by atoms with Gasteiger partial charge in [0.1, 0.15) is 0 Å². The summed E-state index contributed by atoms with van der Waals surface area (Å²) in [4.78, 5) is 25.4. The summed E-state index contributed by atoms with van der Waals surface area (Å²) in [5.41, 5.74) is 0.811. The maximum atomic E-state index is 12.0. The largest absolute Gasteiger partial charge is 0.353 e. The van der Waals surface area contributed by atoms with Gasteiger partial charge in [-0.1, -0.05) is 34.8 Å². The van der Waals surface area contributed by atoms with Crippen molar-refractivity contribution in [2.45, 2.75) is 45.1 Å². The third-order valence-electron chi connectivity index (χ3n) is 3.78. The highest BCUT2D eigenvalue weighted by molar-refractivity contribution is 9.10. The van der Waals surface area contributed by atoms with Crippen molar-refractivity contribution >= 4 is 33.4 Å². The number of hydrogen-bond acceptors (Lipinski definition) is 2. The van der Waals surface area contributed by atoms with Gasteiger partial charge in [0.05, 0.1) is 0 Å². The lowest BCUT2D eigenvalue weighted by Crippen LogP contribution is -2.37. The molecule has 0 bridgehead atoms. The Morgan fingerprint density at radius 2 is 2.05 bits per heavy atom. The van der Waals surface area contributed by atoms with Crippen molar-refractivity contribution in [2.75, 3.05) is 11.4 Å². The first-order valence-electron chi connectivity index (χ1n) is 7.39. The van der Waals surface area contributed by atoms with E-state index in [1.54, 1.807) is 4.90 Å². The molecule has 0 saturated heterocycles. The van der Waals surface area contributed by atoms with Crippen LogP contribution in [-0.4, -0.2) is 24.4 Å². The van der Waals surface area contributed by atoms with E-state index in [1.807, 2.05) is 24.3 Å². The topological polar surface area (TPSA) is 49.4 Å². The van der Waals surface area contributed by atoms with Gasteiger partial charge in [0.2, 0.25) is 11.8 Å². The van der Waals surface area contributed by atoms with Crippen molar-refractivity contribution in [3.8, 4) is 0 Å². The Bertz CT molecular complexity index is 513. The Balaban J connectivity index is 1.91. The molecule has 1 fully saturated rings. The standard InChI is InChI=1S/C16H21BrN2O2/c1-12(20)19(15-8-4-5-13(17)11-15)10-9-16(21)18-14-6-2-3-7-14/h4-5,8,11,14H,2-3,6-7,9-10H2,1H3,(H,18,21). The second-order valence-corrected chi connectivity index (χ2v) is 6.37. The molecule has 0 heterocycles. The van der Waals surface area contributed by atoms with Gasteiger partial charge in [0.15, 0.2) is 0 Å². The number of halogens is 1. The third kappa shape index (κ3) is 4.84. The normalized spacial score (nSPS) is 15.0. The molecule has 0 atom stereocenters. The monoisotopic (exact) mass is 352 g/mol. The number of benzene rings is 1. The van der Waals surface area contributed by atoms with Gasteiger partial charge in [0, 0.05) is 36.1 Å². The predicted molar refractivity (Wildman–Crippen MR) is 87.2 cm³/mol. The highest BCUT2D eigenvalue weighted by atomic mass is 79.9. The van der Waals surface area contributed by atoms with Crippen LogP contribution in [0.2, 0.25) is 0 Å². The Kier molecular flexibility index (Phi) is 5.79. The zero-order chi connectivity index (χ0) is 15.2. The Morgan fingerprint density at radius 3 is 2.67 bits per heavy atom. The van der Waals surface area contributed by atoms with Gasteiger partial charge >= 0.3 is 0 Å². The number of anilines is 1. The van der Waals surface area contributed by atoms with Gasteiger partial charge in [-0.15, -0.1) is 0 Å². The number of amides is 2. The molecule has 21 heavy (non-hydrogen) atoms. The Hall–Kier alpha value is -1.36. The van der Waals surface area contributed by atoms with E-state index in [2.05, 4.69) is 21.2 Å². The quantitative estimate of drug-likeness (QED) is 0.884. The molecule has 1 aliphatic rings. The molecule has 0 unspecified atom stereocenters. The summed E-state index contributed by atoms with van der Waals surface area (Å²) in [7, 11) is 0. The molecular formula is C16H21BrN2O2. The van der Waals surface area contributed by atoms with Gasteiger partial charge in [0.25, 0.3) is 0 Å². The second-order valence-electron chi connectivity index (χ2n) is 5.45. The predicted octanol–water partition coefficient (Wildman–Crippen LogP) is 3.25. The zero-order valence-corrected chi connectivity index (χ0v) is 13.9. The minimum absolute atomic E-state index is 0.0307. The lowest BCUT2D eigenvalue weighted by Gasteiger charge is -2.21. The number of carbonyl (C=O) groups is 2. The summed E-state index contributed by atoms with van der Waals surface area (Å²) < 4.78 is 0.918. The molecule has 0 aromatic heterocycles. The van der Waals surface area contributed by atoms with Crippen LogP contribution in [0.15, 0.2) is 28.7 Å². The molecule has 1 aromatic carbocycles. The minimum Gasteiger partial charge on any atom is -0.353 e. The molecular weight excluding hydrogens is 332 g/mol. The van der Waals surface area contributed by atoms with Crippen LogP contribution in [0.25, 0.3) is 0 Å².